The van der Waals surface area contributed by atoms with Crippen molar-refractivity contribution in [3.63, 3.8) is 0 Å². The molecule has 0 saturated carbocycles. The molecule has 2 aromatic heterocycles. The number of nitrogens with one attached hydrogen (secondary N) is 1. The number of anilines is 2. The van der Waals surface area contributed by atoms with Crippen LogP contribution in [0.4, 0.5) is 16.3 Å². The van der Waals surface area contributed by atoms with Crippen molar-refractivity contribution in [2.45, 2.75) is 25.4 Å². The van der Waals surface area contributed by atoms with Crippen LogP contribution in [0.3, 0.4) is 0 Å². The first kappa shape index (κ1) is 15.6. The monoisotopic (exact) mass is 340 g/mol. The van der Waals surface area contributed by atoms with Crippen LogP contribution in [0.2, 0.25) is 0 Å². The van der Waals surface area contributed by atoms with Crippen molar-refractivity contribution in [2.24, 2.45) is 7.05 Å². The van der Waals surface area contributed by atoms with Crippen molar-refractivity contribution in [3.8, 4) is 0 Å². The minimum absolute atomic E-state index is 0.213. The summed E-state index contributed by atoms with van der Waals surface area (Å²) < 4.78 is 1.36. The number of carbonyl (C=O) groups excluding carboxylic acids is 1. The first-order valence-electron chi connectivity index (χ1n) is 8.41. The average Bonchev–Trinajstić information content (AvgIpc) is 3.00. The Hall–Kier alpha value is -2.90. The van der Waals surface area contributed by atoms with Gasteiger partial charge in [0.25, 0.3) is 5.56 Å². The van der Waals surface area contributed by atoms with E-state index >= 15 is 0 Å². The van der Waals surface area contributed by atoms with E-state index in [1.54, 1.807) is 18.1 Å². The van der Waals surface area contributed by atoms with Crippen LogP contribution in [0.1, 0.15) is 18.5 Å². The summed E-state index contributed by atoms with van der Waals surface area (Å²) in [5.41, 5.74) is 1.81. The van der Waals surface area contributed by atoms with Crippen LogP contribution >= 0.6 is 0 Å². The average molecular weight is 340 g/mol. The molecular weight excluding hydrogens is 320 g/mol. The molecule has 4 heterocycles. The Labute approximate surface area is 145 Å². The summed E-state index contributed by atoms with van der Waals surface area (Å²) in [5, 5.41) is 2.73. The molecule has 1 fully saturated rings. The van der Waals surface area contributed by atoms with E-state index in [1.165, 1.54) is 17.0 Å². The van der Waals surface area contributed by atoms with Crippen LogP contribution in [0.25, 0.3) is 0 Å². The number of carbonyl (C=O) groups is 1. The van der Waals surface area contributed by atoms with Crippen molar-refractivity contribution in [1.82, 2.24) is 19.4 Å². The van der Waals surface area contributed by atoms with Gasteiger partial charge in [0.1, 0.15) is 5.82 Å². The molecule has 25 heavy (non-hydrogen) atoms. The Bertz CT molecular complexity index is 864. The Kier molecular flexibility index (Phi) is 3.87. The molecule has 0 spiro atoms. The van der Waals surface area contributed by atoms with Gasteiger partial charge in [0.05, 0.1) is 24.3 Å². The molecular formula is C17H20N6O2. The topological polar surface area (TPSA) is 83.4 Å². The van der Waals surface area contributed by atoms with Crippen LogP contribution in [-0.2, 0) is 13.6 Å². The summed E-state index contributed by atoms with van der Waals surface area (Å²) >= 11 is 0. The standard InChI is InChI=1S/C17H20N6O2/c1-21-11-19-15(8-16(21)24)20-17(25)22-9-12-4-3-7-23(12)14-5-2-6-18-13(14)10-22/h2,5-6,8,11-12H,3-4,7,9-10H2,1H3,(H,20,25)/t12-/m0/s1. The molecule has 4 rings (SSSR count). The largest absolute Gasteiger partial charge is 0.365 e. The van der Waals surface area contributed by atoms with E-state index in [-0.39, 0.29) is 17.4 Å². The zero-order valence-electron chi connectivity index (χ0n) is 14.1. The SMILES string of the molecule is Cn1cnc(NC(=O)N2Cc3ncccc3N3CCC[C@H]3C2)cc1=O. The first-order valence-corrected chi connectivity index (χ1v) is 8.41. The number of hydrogen-bond donors (Lipinski definition) is 1. The predicted molar refractivity (Wildman–Crippen MR) is 93.5 cm³/mol. The van der Waals surface area contributed by atoms with Gasteiger partial charge in [-0.25, -0.2) is 9.78 Å². The van der Waals surface area contributed by atoms with Crippen molar-refractivity contribution in [3.05, 3.63) is 46.8 Å². The van der Waals surface area contributed by atoms with Gasteiger partial charge in [0.15, 0.2) is 0 Å². The van der Waals surface area contributed by atoms with E-state index in [4.69, 9.17) is 0 Å². The molecule has 1 atom stereocenters. The number of fused-ring (bicyclic) bond motifs is 3. The fourth-order valence-corrected chi connectivity index (χ4v) is 3.53. The molecule has 2 aliphatic rings. The van der Waals surface area contributed by atoms with E-state index in [9.17, 15) is 9.59 Å². The number of urea groups is 1. The molecule has 2 aromatic rings. The quantitative estimate of drug-likeness (QED) is 0.843. The van der Waals surface area contributed by atoms with Gasteiger partial charge < -0.3 is 14.4 Å². The smallest absolute Gasteiger partial charge is 0.323 e. The molecule has 1 saturated heterocycles. The maximum Gasteiger partial charge on any atom is 0.323 e. The maximum atomic E-state index is 12.7. The van der Waals surface area contributed by atoms with Gasteiger partial charge in [-0.1, -0.05) is 0 Å². The number of nitrogens with zero attached hydrogens (tertiary/aromatic N) is 5. The van der Waals surface area contributed by atoms with E-state index in [1.807, 2.05) is 6.07 Å². The van der Waals surface area contributed by atoms with Crippen LogP contribution < -0.4 is 15.8 Å². The third-order valence-electron chi connectivity index (χ3n) is 4.82. The summed E-state index contributed by atoms with van der Waals surface area (Å²) in [7, 11) is 1.62. The second-order valence-corrected chi connectivity index (χ2v) is 6.49. The summed E-state index contributed by atoms with van der Waals surface area (Å²) in [6.07, 6.45) is 5.33. The van der Waals surface area contributed by atoms with Gasteiger partial charge in [-0.3, -0.25) is 15.1 Å². The van der Waals surface area contributed by atoms with Crippen LogP contribution in [0, 0.1) is 0 Å². The molecule has 0 unspecified atom stereocenters. The van der Waals surface area contributed by atoms with Gasteiger partial charge in [-0.15, -0.1) is 0 Å². The summed E-state index contributed by atoms with van der Waals surface area (Å²) in [5.74, 6) is 0.266. The number of amides is 2. The van der Waals surface area contributed by atoms with Gasteiger partial charge in [-0.05, 0) is 25.0 Å². The number of pyridine rings is 1. The molecule has 0 radical (unpaired) electrons. The Morgan fingerprint density at radius 3 is 3.08 bits per heavy atom. The number of rotatable bonds is 1. The molecule has 8 heteroatoms. The fraction of sp³-hybridized carbons (Fsp3) is 0.412. The highest BCUT2D eigenvalue weighted by atomic mass is 16.2. The van der Waals surface area contributed by atoms with E-state index in [0.717, 1.165) is 30.8 Å². The zero-order valence-corrected chi connectivity index (χ0v) is 14.1. The molecule has 130 valence electrons. The van der Waals surface area contributed by atoms with Crippen molar-refractivity contribution >= 4 is 17.5 Å². The molecule has 1 N–H and O–H groups in total. The van der Waals surface area contributed by atoms with E-state index in [0.29, 0.717) is 19.1 Å². The number of aromatic nitrogens is 3. The second kappa shape index (κ2) is 6.19. The zero-order chi connectivity index (χ0) is 17.4. The molecule has 0 aromatic carbocycles. The molecule has 2 amide bonds. The van der Waals surface area contributed by atoms with Gasteiger partial charge >= 0.3 is 6.03 Å². The van der Waals surface area contributed by atoms with Gasteiger partial charge in [0, 0.05) is 38.4 Å². The van der Waals surface area contributed by atoms with E-state index < -0.39 is 0 Å². The Balaban J connectivity index is 1.58. The van der Waals surface area contributed by atoms with Crippen LogP contribution in [0.15, 0.2) is 35.5 Å². The molecule has 8 nitrogen and oxygen atoms in total. The highest BCUT2D eigenvalue weighted by molar-refractivity contribution is 5.88. The number of hydrogen-bond acceptors (Lipinski definition) is 5. The Morgan fingerprint density at radius 2 is 2.24 bits per heavy atom. The minimum atomic E-state index is -0.258. The normalized spacial score (nSPS) is 19.2. The number of aryl methyl sites for hydroxylation is 1. The summed E-state index contributed by atoms with van der Waals surface area (Å²) in [6, 6.07) is 5.38. The predicted octanol–water partition coefficient (Wildman–Crippen LogP) is 1.19. The molecule has 2 aliphatic heterocycles. The van der Waals surface area contributed by atoms with E-state index in [2.05, 4.69) is 26.3 Å². The first-order chi connectivity index (χ1) is 12.1. The van der Waals surface area contributed by atoms with Crippen molar-refractivity contribution < 1.29 is 4.79 Å². The van der Waals surface area contributed by atoms with Gasteiger partial charge in [0.2, 0.25) is 0 Å². The maximum absolute atomic E-state index is 12.7. The van der Waals surface area contributed by atoms with Gasteiger partial charge in [-0.2, -0.15) is 0 Å². The second-order valence-electron chi connectivity index (χ2n) is 6.49. The summed E-state index contributed by atoms with van der Waals surface area (Å²) in [6.45, 7) is 2.07. The fourth-order valence-electron chi connectivity index (χ4n) is 3.53. The lowest BCUT2D eigenvalue weighted by Crippen LogP contribution is -2.42. The lowest BCUT2D eigenvalue weighted by Gasteiger charge is -2.27. The van der Waals surface area contributed by atoms with Crippen LogP contribution in [0.5, 0.6) is 0 Å². The Morgan fingerprint density at radius 1 is 1.36 bits per heavy atom. The third kappa shape index (κ3) is 2.95. The van der Waals surface area contributed by atoms with Crippen LogP contribution in [-0.4, -0.2) is 44.6 Å². The highest BCUT2D eigenvalue weighted by Gasteiger charge is 2.33. The lowest BCUT2D eigenvalue weighted by molar-refractivity contribution is 0.206. The summed E-state index contributed by atoms with van der Waals surface area (Å²) in [4.78, 5) is 37.1. The minimum Gasteiger partial charge on any atom is -0.365 e. The molecule has 0 aliphatic carbocycles. The molecule has 0 bridgehead atoms. The lowest BCUT2D eigenvalue weighted by atomic mass is 10.2. The van der Waals surface area contributed by atoms with Crippen molar-refractivity contribution in [1.29, 1.82) is 0 Å². The highest BCUT2D eigenvalue weighted by Crippen LogP contribution is 2.32. The third-order valence-corrected chi connectivity index (χ3v) is 4.82. The van der Waals surface area contributed by atoms with Crippen molar-refractivity contribution in [2.75, 3.05) is 23.3 Å².